The molecule has 3 heteroatoms. The first-order chi connectivity index (χ1) is 13.2. The number of quaternary nitrogens is 1. The second-order valence-corrected chi connectivity index (χ2v) is 8.29. The molecule has 2 N–H and O–H groups in total. The van der Waals surface area contributed by atoms with Gasteiger partial charge in [0, 0.05) is 13.3 Å². The largest absolute Gasteiger partial charge is 0.345 e. The van der Waals surface area contributed by atoms with Crippen LogP contribution in [-0.2, 0) is 0 Å². The van der Waals surface area contributed by atoms with Crippen LogP contribution in [0.5, 0.6) is 0 Å². The Balaban J connectivity index is 1.90. The quantitative estimate of drug-likeness (QED) is 0.169. The summed E-state index contributed by atoms with van der Waals surface area (Å²) in [5.74, 6) is 0. The lowest BCUT2D eigenvalue weighted by Crippen LogP contribution is -2.57. The molecule has 0 aliphatic carbocycles. The van der Waals surface area contributed by atoms with Crippen molar-refractivity contribution >= 4 is 0 Å². The number of allylic oxidation sites excluding steroid dienone is 2. The van der Waals surface area contributed by atoms with Gasteiger partial charge in [-0.25, -0.2) is 0 Å². The fraction of sp³-hybridized carbons (Fsp3) is 0.833. The van der Waals surface area contributed by atoms with E-state index in [1.807, 2.05) is 13.1 Å². The molecule has 0 amide bonds. The third-order valence-corrected chi connectivity index (χ3v) is 6.22. The van der Waals surface area contributed by atoms with Gasteiger partial charge >= 0.3 is 0 Å². The van der Waals surface area contributed by atoms with Crippen LogP contribution in [0.15, 0.2) is 24.6 Å². The topological polar surface area (TPSA) is 32.3 Å². The van der Waals surface area contributed by atoms with Crippen molar-refractivity contribution in [2.45, 2.75) is 123 Å². The lowest BCUT2D eigenvalue weighted by molar-refractivity contribution is -0.942. The molecule has 0 saturated heterocycles. The fourth-order valence-corrected chi connectivity index (χ4v) is 4.31. The van der Waals surface area contributed by atoms with E-state index in [0.29, 0.717) is 10.6 Å². The predicted molar refractivity (Wildman–Crippen MR) is 118 cm³/mol. The maximum absolute atomic E-state index is 10.2. The van der Waals surface area contributed by atoms with Crippen LogP contribution >= 0.6 is 0 Å². The molecule has 0 bridgehead atoms. The van der Waals surface area contributed by atoms with Crippen molar-refractivity contribution in [1.82, 2.24) is 5.32 Å². The van der Waals surface area contributed by atoms with E-state index in [-0.39, 0.29) is 6.23 Å². The highest BCUT2D eigenvalue weighted by Gasteiger charge is 2.40. The van der Waals surface area contributed by atoms with Gasteiger partial charge in [-0.2, -0.15) is 0 Å². The van der Waals surface area contributed by atoms with Crippen molar-refractivity contribution in [3.8, 4) is 0 Å². The molecule has 0 saturated carbocycles. The molecule has 0 aromatic heterocycles. The molecule has 3 nitrogen and oxygen atoms in total. The van der Waals surface area contributed by atoms with E-state index in [4.69, 9.17) is 0 Å². The van der Waals surface area contributed by atoms with E-state index >= 15 is 0 Å². The van der Waals surface area contributed by atoms with Crippen molar-refractivity contribution in [3.05, 3.63) is 24.6 Å². The van der Waals surface area contributed by atoms with Crippen LogP contribution < -0.4 is 5.32 Å². The summed E-state index contributed by atoms with van der Waals surface area (Å²) in [5, 5.41) is 13.6. The molecule has 3 unspecified atom stereocenters. The van der Waals surface area contributed by atoms with Gasteiger partial charge in [0.1, 0.15) is 6.20 Å². The molecule has 0 fully saturated rings. The molecule has 1 aliphatic rings. The van der Waals surface area contributed by atoms with E-state index in [1.54, 1.807) is 0 Å². The van der Waals surface area contributed by atoms with E-state index in [2.05, 4.69) is 37.5 Å². The van der Waals surface area contributed by atoms with Gasteiger partial charge in [-0.05, 0) is 32.6 Å². The smallest absolute Gasteiger partial charge is 0.193 e. The van der Waals surface area contributed by atoms with Crippen molar-refractivity contribution in [1.29, 1.82) is 0 Å². The SMILES string of the molecule is CC/C=C/CCCCCCCCCCCCCC1NC=C[N+]1(CC)C(C)O. The Bertz CT molecular complexity index is 405. The number of hydrogen-bond acceptors (Lipinski definition) is 2. The van der Waals surface area contributed by atoms with Gasteiger partial charge in [-0.1, -0.05) is 76.9 Å². The van der Waals surface area contributed by atoms with E-state index < -0.39 is 0 Å². The summed E-state index contributed by atoms with van der Waals surface area (Å²) in [4.78, 5) is 0. The molecule has 0 spiro atoms. The first-order valence-electron chi connectivity index (χ1n) is 11.8. The Morgan fingerprint density at radius 2 is 1.44 bits per heavy atom. The average Bonchev–Trinajstić information content (AvgIpc) is 3.09. The first kappa shape index (κ1) is 24.2. The molecular weight excluding hydrogens is 332 g/mol. The number of rotatable bonds is 17. The zero-order chi connectivity index (χ0) is 19.8. The number of unbranched alkanes of at least 4 members (excludes halogenated alkanes) is 11. The summed E-state index contributed by atoms with van der Waals surface area (Å²) in [6, 6.07) is 0. The minimum atomic E-state index is -0.334. The van der Waals surface area contributed by atoms with Gasteiger partial charge in [-0.3, -0.25) is 4.48 Å². The third kappa shape index (κ3) is 9.30. The minimum absolute atomic E-state index is 0.334. The molecular formula is C24H47N2O+. The van der Waals surface area contributed by atoms with Gasteiger partial charge in [0.2, 0.25) is 0 Å². The Hall–Kier alpha value is -0.800. The van der Waals surface area contributed by atoms with Crippen LogP contribution in [-0.4, -0.2) is 28.5 Å². The first-order valence-corrected chi connectivity index (χ1v) is 11.8. The second-order valence-electron chi connectivity index (χ2n) is 8.29. The zero-order valence-corrected chi connectivity index (χ0v) is 18.5. The molecule has 0 radical (unpaired) electrons. The van der Waals surface area contributed by atoms with Crippen LogP contribution in [0.2, 0.25) is 0 Å². The van der Waals surface area contributed by atoms with Gasteiger partial charge in [0.05, 0.1) is 12.7 Å². The number of nitrogens with one attached hydrogen (secondary N) is 1. The maximum Gasteiger partial charge on any atom is 0.193 e. The van der Waals surface area contributed by atoms with Crippen LogP contribution in [0.25, 0.3) is 0 Å². The fourth-order valence-electron chi connectivity index (χ4n) is 4.31. The monoisotopic (exact) mass is 379 g/mol. The lowest BCUT2D eigenvalue weighted by atomic mass is 10.0. The molecule has 3 atom stereocenters. The molecule has 158 valence electrons. The Labute approximate surface area is 169 Å². The minimum Gasteiger partial charge on any atom is -0.345 e. The third-order valence-electron chi connectivity index (χ3n) is 6.22. The summed E-state index contributed by atoms with van der Waals surface area (Å²) < 4.78 is 0.675. The molecule has 1 aliphatic heterocycles. The van der Waals surface area contributed by atoms with E-state index in [1.165, 1.54) is 83.5 Å². The predicted octanol–water partition coefficient (Wildman–Crippen LogP) is 6.60. The second kappa shape index (κ2) is 15.2. The van der Waals surface area contributed by atoms with Crippen LogP contribution in [0.3, 0.4) is 0 Å². The summed E-state index contributed by atoms with van der Waals surface area (Å²) in [6.45, 7) is 7.23. The molecule has 27 heavy (non-hydrogen) atoms. The Kier molecular flexibility index (Phi) is 13.6. The highest BCUT2D eigenvalue weighted by atomic mass is 16.3. The van der Waals surface area contributed by atoms with Gasteiger partial charge in [0.15, 0.2) is 12.4 Å². The summed E-state index contributed by atoms with van der Waals surface area (Å²) in [6.07, 6.45) is 27.6. The van der Waals surface area contributed by atoms with Crippen LogP contribution in [0, 0.1) is 0 Å². The normalized spacial score (nSPS) is 23.2. The summed E-state index contributed by atoms with van der Waals surface area (Å²) >= 11 is 0. The van der Waals surface area contributed by atoms with Crippen molar-refractivity contribution < 1.29 is 9.59 Å². The van der Waals surface area contributed by atoms with Gasteiger partial charge in [-0.15, -0.1) is 0 Å². The van der Waals surface area contributed by atoms with Crippen molar-refractivity contribution in [2.24, 2.45) is 0 Å². The van der Waals surface area contributed by atoms with E-state index in [9.17, 15) is 5.11 Å². The average molecular weight is 380 g/mol. The Morgan fingerprint density at radius 3 is 1.96 bits per heavy atom. The summed E-state index contributed by atoms with van der Waals surface area (Å²) in [5.41, 5.74) is 0. The summed E-state index contributed by atoms with van der Waals surface area (Å²) in [7, 11) is 0. The zero-order valence-electron chi connectivity index (χ0n) is 18.5. The van der Waals surface area contributed by atoms with Gasteiger partial charge in [0.25, 0.3) is 0 Å². The van der Waals surface area contributed by atoms with Crippen LogP contribution in [0.1, 0.15) is 111 Å². The van der Waals surface area contributed by atoms with Crippen molar-refractivity contribution in [2.75, 3.05) is 6.54 Å². The lowest BCUT2D eigenvalue weighted by Gasteiger charge is -2.39. The Morgan fingerprint density at radius 1 is 0.889 bits per heavy atom. The van der Waals surface area contributed by atoms with Gasteiger partial charge < -0.3 is 10.4 Å². The highest BCUT2D eigenvalue weighted by Crippen LogP contribution is 2.25. The van der Waals surface area contributed by atoms with Crippen LogP contribution in [0.4, 0.5) is 0 Å². The van der Waals surface area contributed by atoms with E-state index in [0.717, 1.165) is 13.0 Å². The molecule has 0 aromatic rings. The van der Waals surface area contributed by atoms with Crippen molar-refractivity contribution in [3.63, 3.8) is 0 Å². The molecule has 1 rings (SSSR count). The number of aliphatic hydroxyl groups is 1. The standard InChI is InChI=1S/C24H47N2O/c1-4-6-7-8-9-10-11-12-13-14-15-16-17-18-19-20-24-25-21-22-26(24,5-2)23(3)27/h6-7,21-25,27H,4-5,8-20H2,1-3H3/q+1/b7-6+. The number of hydrogen-bond donors (Lipinski definition) is 2. The highest BCUT2D eigenvalue weighted by molar-refractivity contribution is 4.84. The molecule has 1 heterocycles. The maximum atomic E-state index is 10.2. The molecule has 0 aromatic carbocycles. The number of aliphatic hydroxyl groups excluding tert-OH is 1. The number of nitrogens with zero attached hydrogens (tertiary/aromatic N) is 1.